The summed E-state index contributed by atoms with van der Waals surface area (Å²) >= 11 is 0. The molecule has 0 spiro atoms. The fourth-order valence-corrected chi connectivity index (χ4v) is 1.69. The molecule has 1 rings (SSSR count). The SMILES string of the molecule is CC(C)=CCC[C@@H](O)CCc1ccccc1. The molecule has 0 aliphatic carbocycles. The molecule has 0 saturated heterocycles. The van der Waals surface area contributed by atoms with E-state index in [1.54, 1.807) is 0 Å². The largest absolute Gasteiger partial charge is 0.393 e. The zero-order valence-corrected chi connectivity index (χ0v) is 10.3. The van der Waals surface area contributed by atoms with Crippen LogP contribution in [0.4, 0.5) is 0 Å². The van der Waals surface area contributed by atoms with Crippen molar-refractivity contribution in [3.63, 3.8) is 0 Å². The smallest absolute Gasteiger partial charge is 0.0546 e. The summed E-state index contributed by atoms with van der Waals surface area (Å²) in [5.41, 5.74) is 2.64. The number of allylic oxidation sites excluding steroid dienone is 2. The molecule has 0 aliphatic rings. The Bertz CT molecular complexity index is 309. The molecular weight excluding hydrogens is 196 g/mol. The number of benzene rings is 1. The van der Waals surface area contributed by atoms with Crippen molar-refractivity contribution in [2.75, 3.05) is 0 Å². The standard InChI is InChI=1S/C15H22O/c1-13(2)7-6-10-15(16)12-11-14-8-4-3-5-9-14/h3-5,7-9,15-16H,6,10-12H2,1-2H3/t15-/m1/s1. The van der Waals surface area contributed by atoms with Gasteiger partial charge >= 0.3 is 0 Å². The van der Waals surface area contributed by atoms with Crippen LogP contribution in [0.25, 0.3) is 0 Å². The highest BCUT2D eigenvalue weighted by Crippen LogP contribution is 2.09. The predicted octanol–water partition coefficient (Wildman–Crippen LogP) is 3.73. The second kappa shape index (κ2) is 7.24. The average Bonchev–Trinajstić information content (AvgIpc) is 2.27. The van der Waals surface area contributed by atoms with Gasteiger partial charge in [-0.05, 0) is 45.1 Å². The first-order chi connectivity index (χ1) is 7.68. The van der Waals surface area contributed by atoms with Gasteiger partial charge in [0.1, 0.15) is 0 Å². The van der Waals surface area contributed by atoms with E-state index in [9.17, 15) is 5.11 Å². The highest BCUT2D eigenvalue weighted by atomic mass is 16.3. The third-order valence-electron chi connectivity index (χ3n) is 2.66. The molecule has 0 unspecified atom stereocenters. The van der Waals surface area contributed by atoms with Crippen LogP contribution in [0, 0.1) is 0 Å². The van der Waals surface area contributed by atoms with Crippen LogP contribution in [0.2, 0.25) is 0 Å². The van der Waals surface area contributed by atoms with E-state index in [4.69, 9.17) is 0 Å². The predicted molar refractivity (Wildman–Crippen MR) is 69.4 cm³/mol. The summed E-state index contributed by atoms with van der Waals surface area (Å²) in [7, 11) is 0. The van der Waals surface area contributed by atoms with Crippen LogP contribution in [-0.2, 0) is 6.42 Å². The van der Waals surface area contributed by atoms with Crippen LogP contribution in [0.5, 0.6) is 0 Å². The molecular formula is C15H22O. The Kier molecular flexibility index (Phi) is 5.87. The molecule has 0 heterocycles. The van der Waals surface area contributed by atoms with Gasteiger partial charge in [0.2, 0.25) is 0 Å². The van der Waals surface area contributed by atoms with Crippen LogP contribution in [0.15, 0.2) is 42.0 Å². The van der Waals surface area contributed by atoms with Crippen molar-refractivity contribution in [2.45, 2.75) is 45.6 Å². The molecule has 1 nitrogen and oxygen atoms in total. The van der Waals surface area contributed by atoms with Gasteiger partial charge in [0.15, 0.2) is 0 Å². The van der Waals surface area contributed by atoms with Gasteiger partial charge in [0, 0.05) is 0 Å². The normalized spacial score (nSPS) is 12.2. The number of aliphatic hydroxyl groups excluding tert-OH is 1. The average molecular weight is 218 g/mol. The molecule has 0 radical (unpaired) electrons. The van der Waals surface area contributed by atoms with E-state index < -0.39 is 0 Å². The lowest BCUT2D eigenvalue weighted by molar-refractivity contribution is 0.156. The molecule has 0 bridgehead atoms. The lowest BCUT2D eigenvalue weighted by Crippen LogP contribution is -2.07. The summed E-state index contributed by atoms with van der Waals surface area (Å²) in [6.45, 7) is 4.19. The van der Waals surface area contributed by atoms with E-state index in [1.807, 2.05) is 18.2 Å². The first-order valence-electron chi connectivity index (χ1n) is 6.04. The van der Waals surface area contributed by atoms with Gasteiger partial charge in [-0.1, -0.05) is 42.0 Å². The number of aliphatic hydroxyl groups is 1. The molecule has 0 amide bonds. The second-order valence-electron chi connectivity index (χ2n) is 4.54. The lowest BCUT2D eigenvalue weighted by Gasteiger charge is -2.09. The van der Waals surface area contributed by atoms with E-state index in [0.29, 0.717) is 0 Å². The molecule has 1 aromatic carbocycles. The molecule has 1 atom stereocenters. The minimum absolute atomic E-state index is 0.171. The van der Waals surface area contributed by atoms with Crippen molar-refractivity contribution >= 4 is 0 Å². The van der Waals surface area contributed by atoms with E-state index in [-0.39, 0.29) is 6.10 Å². The minimum Gasteiger partial charge on any atom is -0.393 e. The minimum atomic E-state index is -0.171. The van der Waals surface area contributed by atoms with Crippen molar-refractivity contribution in [3.05, 3.63) is 47.5 Å². The summed E-state index contributed by atoms with van der Waals surface area (Å²) < 4.78 is 0. The number of rotatable bonds is 6. The molecule has 1 heteroatoms. The molecule has 0 aliphatic heterocycles. The van der Waals surface area contributed by atoms with Crippen LogP contribution in [0.3, 0.4) is 0 Å². The monoisotopic (exact) mass is 218 g/mol. The molecule has 1 N–H and O–H groups in total. The van der Waals surface area contributed by atoms with E-state index in [1.165, 1.54) is 11.1 Å². The molecule has 88 valence electrons. The lowest BCUT2D eigenvalue weighted by atomic mass is 10.0. The maximum absolute atomic E-state index is 9.79. The van der Waals surface area contributed by atoms with Crippen molar-refractivity contribution in [1.82, 2.24) is 0 Å². The summed E-state index contributed by atoms with van der Waals surface area (Å²) in [4.78, 5) is 0. The van der Waals surface area contributed by atoms with Gasteiger partial charge < -0.3 is 5.11 Å². The summed E-state index contributed by atoms with van der Waals surface area (Å²) in [5.74, 6) is 0. The van der Waals surface area contributed by atoms with Gasteiger partial charge in [-0.25, -0.2) is 0 Å². The maximum Gasteiger partial charge on any atom is 0.0546 e. The quantitative estimate of drug-likeness (QED) is 0.721. The molecule has 16 heavy (non-hydrogen) atoms. The van der Waals surface area contributed by atoms with Crippen molar-refractivity contribution in [1.29, 1.82) is 0 Å². The Morgan fingerprint density at radius 2 is 1.88 bits per heavy atom. The van der Waals surface area contributed by atoms with E-state index >= 15 is 0 Å². The van der Waals surface area contributed by atoms with Crippen molar-refractivity contribution in [3.8, 4) is 0 Å². The molecule has 0 fully saturated rings. The highest BCUT2D eigenvalue weighted by Gasteiger charge is 2.03. The Labute approximate surface area is 98.8 Å². The van der Waals surface area contributed by atoms with Gasteiger partial charge in [0.25, 0.3) is 0 Å². The summed E-state index contributed by atoms with van der Waals surface area (Å²) in [6, 6.07) is 10.3. The fourth-order valence-electron chi connectivity index (χ4n) is 1.69. The van der Waals surface area contributed by atoms with E-state index in [2.05, 4.69) is 32.1 Å². The van der Waals surface area contributed by atoms with Crippen molar-refractivity contribution < 1.29 is 5.11 Å². The third kappa shape index (κ3) is 5.72. The van der Waals surface area contributed by atoms with Gasteiger partial charge in [-0.3, -0.25) is 0 Å². The first-order valence-corrected chi connectivity index (χ1v) is 6.04. The van der Waals surface area contributed by atoms with Gasteiger partial charge in [-0.2, -0.15) is 0 Å². The van der Waals surface area contributed by atoms with Gasteiger partial charge in [-0.15, -0.1) is 0 Å². The Balaban J connectivity index is 2.20. The first kappa shape index (κ1) is 13.0. The Hall–Kier alpha value is -1.08. The fraction of sp³-hybridized carbons (Fsp3) is 0.467. The topological polar surface area (TPSA) is 20.2 Å². The molecule has 0 saturated carbocycles. The highest BCUT2D eigenvalue weighted by molar-refractivity contribution is 5.14. The van der Waals surface area contributed by atoms with Crippen LogP contribution in [0.1, 0.15) is 38.7 Å². The van der Waals surface area contributed by atoms with Gasteiger partial charge in [0.05, 0.1) is 6.10 Å². The van der Waals surface area contributed by atoms with Crippen LogP contribution in [-0.4, -0.2) is 11.2 Å². The zero-order chi connectivity index (χ0) is 11.8. The summed E-state index contributed by atoms with van der Waals surface area (Å²) in [5, 5.41) is 9.79. The Morgan fingerprint density at radius 3 is 2.50 bits per heavy atom. The maximum atomic E-state index is 9.79. The third-order valence-corrected chi connectivity index (χ3v) is 2.66. The number of aryl methyl sites for hydroxylation is 1. The molecule has 0 aromatic heterocycles. The number of hydrogen-bond donors (Lipinski definition) is 1. The van der Waals surface area contributed by atoms with Crippen molar-refractivity contribution in [2.24, 2.45) is 0 Å². The number of hydrogen-bond acceptors (Lipinski definition) is 1. The molecule has 1 aromatic rings. The van der Waals surface area contributed by atoms with Crippen LogP contribution < -0.4 is 0 Å². The zero-order valence-electron chi connectivity index (χ0n) is 10.3. The Morgan fingerprint density at radius 1 is 1.19 bits per heavy atom. The van der Waals surface area contributed by atoms with Crippen LogP contribution >= 0.6 is 0 Å². The summed E-state index contributed by atoms with van der Waals surface area (Å²) in [6.07, 6.45) is 5.70. The van der Waals surface area contributed by atoms with E-state index in [0.717, 1.165) is 25.7 Å². The second-order valence-corrected chi connectivity index (χ2v) is 4.54.